The molecule has 1 saturated heterocycles. The second-order valence-corrected chi connectivity index (χ2v) is 14.0. The van der Waals surface area contributed by atoms with Gasteiger partial charge in [-0.25, -0.2) is 13.2 Å². The molecule has 0 aromatic heterocycles. The molecule has 0 aliphatic carbocycles. The van der Waals surface area contributed by atoms with E-state index in [1.807, 2.05) is 79.9 Å². The van der Waals surface area contributed by atoms with Crippen molar-refractivity contribution in [1.29, 1.82) is 0 Å². The van der Waals surface area contributed by atoms with Gasteiger partial charge in [0.05, 0.1) is 5.25 Å². The summed E-state index contributed by atoms with van der Waals surface area (Å²) in [7, 11) is -3.24. The molecule has 3 unspecified atom stereocenters. The van der Waals surface area contributed by atoms with Crippen molar-refractivity contribution in [2.45, 2.75) is 43.6 Å². The molecular formula is C32H38N2O6S2. The number of para-hydroxylation sites is 1. The third-order valence-corrected chi connectivity index (χ3v) is 9.84. The Bertz CT molecular complexity index is 1500. The first-order valence-electron chi connectivity index (χ1n) is 13.9. The highest BCUT2D eigenvalue weighted by atomic mass is 32.2. The quantitative estimate of drug-likeness (QED) is 0.287. The third-order valence-electron chi connectivity index (χ3n) is 7.64. The van der Waals surface area contributed by atoms with E-state index in [0.717, 1.165) is 22.4 Å². The molecule has 0 saturated carbocycles. The van der Waals surface area contributed by atoms with E-state index >= 15 is 0 Å². The Hall–Kier alpha value is -3.34. The number of benzene rings is 3. The smallest absolute Gasteiger partial charge is 0.326 e. The van der Waals surface area contributed by atoms with Gasteiger partial charge in [0.15, 0.2) is 9.84 Å². The Balaban J connectivity index is 1.63. The molecule has 2 N–H and O–H groups in total. The molecule has 42 heavy (non-hydrogen) atoms. The Labute approximate surface area is 252 Å². The van der Waals surface area contributed by atoms with Crippen LogP contribution in [-0.4, -0.2) is 79.1 Å². The number of amides is 1. The summed E-state index contributed by atoms with van der Waals surface area (Å²) in [4.78, 5) is 27.4. The summed E-state index contributed by atoms with van der Waals surface area (Å²) < 4.78 is 31.0. The normalized spacial score (nSPS) is 18.0. The highest BCUT2D eigenvalue weighted by Crippen LogP contribution is 2.31. The summed E-state index contributed by atoms with van der Waals surface area (Å²) in [5, 5.41) is 11.9. The number of carboxylic acid groups (broad SMARTS) is 1. The monoisotopic (exact) mass is 610 g/mol. The Kier molecular flexibility index (Phi) is 10.7. The van der Waals surface area contributed by atoms with Crippen LogP contribution in [0.25, 0.3) is 11.1 Å². The number of rotatable bonds is 13. The van der Waals surface area contributed by atoms with Crippen LogP contribution in [0.3, 0.4) is 0 Å². The maximum atomic E-state index is 13.4. The highest BCUT2D eigenvalue weighted by molar-refractivity contribution is 7.98. The molecule has 0 spiro atoms. The number of nitrogens with zero attached hydrogens (tertiary/aromatic N) is 1. The van der Waals surface area contributed by atoms with E-state index in [1.54, 1.807) is 6.07 Å². The summed E-state index contributed by atoms with van der Waals surface area (Å²) >= 11 is 1.53. The number of hydrogen-bond donors (Lipinski definition) is 2. The number of carboxylic acids is 1. The number of aryl methyl sites for hydroxylation is 1. The molecule has 8 nitrogen and oxygen atoms in total. The Morgan fingerprint density at radius 2 is 1.79 bits per heavy atom. The lowest BCUT2D eigenvalue weighted by molar-refractivity contribution is -0.139. The molecule has 4 rings (SSSR count). The lowest BCUT2D eigenvalue weighted by Crippen LogP contribution is -2.41. The second-order valence-electron chi connectivity index (χ2n) is 10.7. The molecule has 1 amide bonds. The third kappa shape index (κ3) is 8.14. The van der Waals surface area contributed by atoms with E-state index in [4.69, 9.17) is 4.74 Å². The first kappa shape index (κ1) is 31.6. The minimum atomic E-state index is -3.24. The minimum Gasteiger partial charge on any atom is -0.492 e. The Morgan fingerprint density at radius 1 is 1.07 bits per heavy atom. The van der Waals surface area contributed by atoms with Crippen LogP contribution in [-0.2, 0) is 21.2 Å². The van der Waals surface area contributed by atoms with Gasteiger partial charge in [0.1, 0.15) is 18.4 Å². The van der Waals surface area contributed by atoms with Crippen LogP contribution in [0.2, 0.25) is 0 Å². The van der Waals surface area contributed by atoms with Gasteiger partial charge in [-0.05, 0) is 78.3 Å². The number of sulfone groups is 1. The minimum absolute atomic E-state index is 0.109. The first-order chi connectivity index (χ1) is 20.1. The number of likely N-dealkylation sites (tertiary alicyclic amines) is 1. The lowest BCUT2D eigenvalue weighted by atomic mass is 9.93. The van der Waals surface area contributed by atoms with Crippen molar-refractivity contribution >= 4 is 33.5 Å². The van der Waals surface area contributed by atoms with E-state index in [1.165, 1.54) is 18.0 Å². The largest absolute Gasteiger partial charge is 0.492 e. The maximum absolute atomic E-state index is 13.4. The van der Waals surface area contributed by atoms with Crippen LogP contribution in [0.4, 0.5) is 0 Å². The van der Waals surface area contributed by atoms with Crippen molar-refractivity contribution in [3.63, 3.8) is 0 Å². The van der Waals surface area contributed by atoms with Gasteiger partial charge >= 0.3 is 5.97 Å². The zero-order valence-corrected chi connectivity index (χ0v) is 25.8. The number of hydrogen-bond acceptors (Lipinski definition) is 7. The number of ether oxygens (including phenoxy) is 1. The molecule has 0 bridgehead atoms. The van der Waals surface area contributed by atoms with E-state index in [9.17, 15) is 23.1 Å². The van der Waals surface area contributed by atoms with E-state index in [0.29, 0.717) is 49.4 Å². The van der Waals surface area contributed by atoms with Gasteiger partial charge in [0, 0.05) is 31.0 Å². The van der Waals surface area contributed by atoms with Crippen LogP contribution >= 0.6 is 11.8 Å². The summed E-state index contributed by atoms with van der Waals surface area (Å²) in [6, 6.07) is 21.7. The zero-order valence-electron chi connectivity index (χ0n) is 24.2. The van der Waals surface area contributed by atoms with E-state index in [-0.39, 0.29) is 6.04 Å². The SMILES string of the molecule is CSCCC(NC(=O)c1ccc(CN2CC(S(C)(=O)=O)CC2COc2ccccc2)cc1-c1ccccc1C)C(=O)O. The molecule has 1 heterocycles. The fourth-order valence-electron chi connectivity index (χ4n) is 5.27. The topological polar surface area (TPSA) is 113 Å². The van der Waals surface area contributed by atoms with Crippen LogP contribution in [0.1, 0.15) is 34.3 Å². The van der Waals surface area contributed by atoms with Crippen LogP contribution in [0.15, 0.2) is 72.8 Å². The van der Waals surface area contributed by atoms with Gasteiger partial charge in [-0.2, -0.15) is 11.8 Å². The number of nitrogens with one attached hydrogen (secondary N) is 1. The molecule has 3 aromatic carbocycles. The first-order valence-corrected chi connectivity index (χ1v) is 17.2. The van der Waals surface area contributed by atoms with Gasteiger partial charge in [-0.1, -0.05) is 48.5 Å². The van der Waals surface area contributed by atoms with Gasteiger partial charge in [-0.15, -0.1) is 0 Å². The highest BCUT2D eigenvalue weighted by Gasteiger charge is 2.38. The van der Waals surface area contributed by atoms with Crippen molar-refractivity contribution in [2.75, 3.05) is 31.4 Å². The van der Waals surface area contributed by atoms with Crippen LogP contribution in [0, 0.1) is 6.92 Å². The standard InChI is InChI=1S/C32H38N2O6S2/c1-22-9-7-8-12-27(22)29-17-23(13-14-28(29)31(35)33-30(32(36)37)15-16-41-2)19-34-20-26(42(3,38)39)18-24(34)21-40-25-10-5-4-6-11-25/h4-14,17,24,26,30H,15-16,18-21H2,1-3H3,(H,33,35)(H,36,37). The molecule has 10 heteroatoms. The maximum Gasteiger partial charge on any atom is 0.326 e. The van der Waals surface area contributed by atoms with Crippen LogP contribution in [0.5, 0.6) is 5.75 Å². The molecule has 1 fully saturated rings. The number of aliphatic carboxylic acids is 1. The fourth-order valence-corrected chi connectivity index (χ4v) is 6.78. The summed E-state index contributed by atoms with van der Waals surface area (Å²) in [6.07, 6.45) is 3.97. The van der Waals surface area contributed by atoms with Crippen molar-refractivity contribution in [3.05, 3.63) is 89.5 Å². The molecule has 3 atom stereocenters. The van der Waals surface area contributed by atoms with Gasteiger partial charge < -0.3 is 15.2 Å². The number of thioether (sulfide) groups is 1. The molecular weight excluding hydrogens is 572 g/mol. The van der Waals surface area contributed by atoms with Crippen LogP contribution < -0.4 is 10.1 Å². The molecule has 1 aliphatic heterocycles. The van der Waals surface area contributed by atoms with Crippen molar-refractivity contribution < 1.29 is 27.9 Å². The summed E-state index contributed by atoms with van der Waals surface area (Å²) in [5.74, 6) is -0.166. The average Bonchev–Trinajstić information content (AvgIpc) is 3.38. The molecule has 224 valence electrons. The van der Waals surface area contributed by atoms with Crippen molar-refractivity contribution in [1.82, 2.24) is 10.2 Å². The number of carbonyl (C=O) groups excluding carboxylic acids is 1. The molecule has 3 aromatic rings. The van der Waals surface area contributed by atoms with E-state index < -0.39 is 33.0 Å². The van der Waals surface area contributed by atoms with Gasteiger partial charge in [0.25, 0.3) is 5.91 Å². The fraction of sp³-hybridized carbons (Fsp3) is 0.375. The van der Waals surface area contributed by atoms with Gasteiger partial charge in [0.2, 0.25) is 0 Å². The Morgan fingerprint density at radius 3 is 2.45 bits per heavy atom. The van der Waals surface area contributed by atoms with Crippen molar-refractivity contribution in [2.24, 2.45) is 0 Å². The summed E-state index contributed by atoms with van der Waals surface area (Å²) in [6.45, 7) is 3.19. The molecule has 0 radical (unpaired) electrons. The van der Waals surface area contributed by atoms with E-state index in [2.05, 4.69) is 10.2 Å². The molecule has 1 aliphatic rings. The zero-order chi connectivity index (χ0) is 30.3. The average molecular weight is 611 g/mol. The summed E-state index contributed by atoms with van der Waals surface area (Å²) in [5.41, 5.74) is 3.87. The predicted molar refractivity (Wildman–Crippen MR) is 168 cm³/mol. The van der Waals surface area contributed by atoms with Crippen molar-refractivity contribution in [3.8, 4) is 16.9 Å². The second kappa shape index (κ2) is 14.2. The predicted octanol–water partition coefficient (Wildman–Crippen LogP) is 4.66. The lowest BCUT2D eigenvalue weighted by Gasteiger charge is -2.25. The number of carbonyl (C=O) groups is 2. The van der Waals surface area contributed by atoms with Gasteiger partial charge in [-0.3, -0.25) is 9.69 Å².